The normalized spacial score (nSPS) is 27.9. The summed E-state index contributed by atoms with van der Waals surface area (Å²) in [7, 11) is 0. The molecule has 1 aliphatic heterocycles. The average Bonchev–Trinajstić information content (AvgIpc) is 2.14. The molecule has 42 valence electrons. The molecule has 1 heterocycles. The lowest BCUT2D eigenvalue weighted by Crippen LogP contribution is -2.12. The van der Waals surface area contributed by atoms with Crippen LogP contribution >= 0.6 is 0 Å². The zero-order valence-corrected chi connectivity index (χ0v) is 4.26. The van der Waals surface area contributed by atoms with Crippen LogP contribution in [-0.2, 0) is 9.53 Å². The number of hydrogen-bond donors (Lipinski definition) is 0. The van der Waals surface area contributed by atoms with Crippen molar-refractivity contribution in [2.75, 3.05) is 13.2 Å². The summed E-state index contributed by atoms with van der Waals surface area (Å²) in [5, 5.41) is 0. The van der Waals surface area contributed by atoms with Crippen molar-refractivity contribution in [3.63, 3.8) is 0 Å². The fraction of sp³-hybridized carbons (Fsp3) is 0.600. The minimum absolute atomic E-state index is 0.0833. The first-order valence-electron chi connectivity index (χ1n) is 2.31. The van der Waals surface area contributed by atoms with E-state index in [4.69, 9.17) is 11.3 Å². The molecule has 1 atom stereocenters. The largest absolute Gasteiger partial charge is 0.365 e. The van der Waals surface area contributed by atoms with Crippen LogP contribution in [0.2, 0.25) is 0 Å². The Morgan fingerprint density at radius 2 is 2.62 bits per heavy atom. The molecule has 0 amide bonds. The molecule has 3 nitrogen and oxygen atoms in total. The van der Waals surface area contributed by atoms with E-state index in [2.05, 4.69) is 4.85 Å². The number of ketones is 1. The van der Waals surface area contributed by atoms with E-state index in [-0.39, 0.29) is 12.4 Å². The molecule has 0 aromatic rings. The maximum absolute atomic E-state index is 10.5. The first-order chi connectivity index (χ1) is 3.84. The van der Waals surface area contributed by atoms with Gasteiger partial charge in [0.05, 0.1) is 0 Å². The second-order valence-corrected chi connectivity index (χ2v) is 1.63. The Hall–Kier alpha value is -0.880. The van der Waals surface area contributed by atoms with E-state index in [1.807, 2.05) is 0 Å². The number of ether oxygens (including phenoxy) is 1. The van der Waals surface area contributed by atoms with Gasteiger partial charge in [-0.25, -0.2) is 6.57 Å². The Labute approximate surface area is 47.1 Å². The molecule has 1 aliphatic rings. The van der Waals surface area contributed by atoms with Crippen LogP contribution in [0.3, 0.4) is 0 Å². The lowest BCUT2D eigenvalue weighted by atomic mass is 10.3. The highest BCUT2D eigenvalue weighted by atomic mass is 16.5. The van der Waals surface area contributed by atoms with Gasteiger partial charge in [0.15, 0.2) is 0 Å². The van der Waals surface area contributed by atoms with Crippen molar-refractivity contribution in [2.45, 2.75) is 6.04 Å². The second-order valence-electron chi connectivity index (χ2n) is 1.63. The molecule has 0 spiro atoms. The number of carbonyl (C=O) groups is 1. The zero-order chi connectivity index (χ0) is 5.98. The zero-order valence-electron chi connectivity index (χ0n) is 4.26. The molecule has 0 aromatic carbocycles. The molecular weight excluding hydrogens is 106 g/mol. The van der Waals surface area contributed by atoms with Gasteiger partial charge in [0.2, 0.25) is 5.78 Å². The molecule has 1 unspecified atom stereocenters. The van der Waals surface area contributed by atoms with Crippen LogP contribution in [0.4, 0.5) is 0 Å². The third-order valence-corrected chi connectivity index (χ3v) is 1.05. The summed E-state index contributed by atoms with van der Waals surface area (Å²) in [6.45, 7) is 6.88. The maximum atomic E-state index is 10.5. The lowest BCUT2D eigenvalue weighted by molar-refractivity contribution is -0.118. The summed E-state index contributed by atoms with van der Waals surface area (Å²) in [5.41, 5.74) is 0. The van der Waals surface area contributed by atoms with Crippen molar-refractivity contribution in [1.29, 1.82) is 0 Å². The smallest absolute Gasteiger partial charge is 0.306 e. The molecule has 0 aliphatic carbocycles. The second kappa shape index (κ2) is 1.93. The summed E-state index contributed by atoms with van der Waals surface area (Å²) >= 11 is 0. The van der Waals surface area contributed by atoms with Gasteiger partial charge in [0, 0.05) is 0 Å². The molecule has 0 saturated carbocycles. The number of Topliss-reactive ketones (excluding diaryl/α,β-unsaturated/α-hetero) is 1. The Morgan fingerprint density at radius 1 is 1.88 bits per heavy atom. The van der Waals surface area contributed by atoms with E-state index in [1.54, 1.807) is 0 Å². The molecule has 1 rings (SSSR count). The first kappa shape index (κ1) is 5.26. The standard InChI is InChI=1S/C5H5NO2/c1-6-4-2-8-3-5(4)7/h4H,2-3H2. The van der Waals surface area contributed by atoms with E-state index in [0.717, 1.165) is 0 Å². The predicted octanol–water partition coefficient (Wildman–Crippen LogP) is -0.126. The minimum atomic E-state index is -0.505. The molecule has 0 radical (unpaired) electrons. The fourth-order valence-corrected chi connectivity index (χ4v) is 0.570. The van der Waals surface area contributed by atoms with E-state index >= 15 is 0 Å². The molecule has 0 bridgehead atoms. The van der Waals surface area contributed by atoms with E-state index in [1.165, 1.54) is 0 Å². The third kappa shape index (κ3) is 0.703. The van der Waals surface area contributed by atoms with Crippen LogP contribution in [0.1, 0.15) is 0 Å². The molecule has 0 aromatic heterocycles. The average molecular weight is 111 g/mol. The molecular formula is C5H5NO2. The lowest BCUT2D eigenvalue weighted by Gasteiger charge is -1.82. The predicted molar refractivity (Wildman–Crippen MR) is 26.2 cm³/mol. The molecule has 3 heteroatoms. The summed E-state index contributed by atoms with van der Waals surface area (Å²) in [5.74, 6) is -0.0833. The monoisotopic (exact) mass is 111 g/mol. The topological polar surface area (TPSA) is 30.7 Å². The van der Waals surface area contributed by atoms with Crippen molar-refractivity contribution >= 4 is 5.78 Å². The fourth-order valence-electron chi connectivity index (χ4n) is 0.570. The highest BCUT2D eigenvalue weighted by Gasteiger charge is 2.29. The third-order valence-electron chi connectivity index (χ3n) is 1.05. The Balaban J connectivity index is 2.58. The quantitative estimate of drug-likeness (QED) is 0.408. The van der Waals surface area contributed by atoms with Crippen LogP contribution < -0.4 is 0 Å². The minimum Gasteiger partial charge on any atom is -0.365 e. The molecule has 0 N–H and O–H groups in total. The van der Waals surface area contributed by atoms with Crippen molar-refractivity contribution in [3.05, 3.63) is 11.4 Å². The van der Waals surface area contributed by atoms with Crippen LogP contribution in [0, 0.1) is 6.57 Å². The maximum Gasteiger partial charge on any atom is 0.306 e. The van der Waals surface area contributed by atoms with Crippen molar-refractivity contribution < 1.29 is 9.53 Å². The van der Waals surface area contributed by atoms with Gasteiger partial charge in [-0.05, 0) is 0 Å². The molecule has 1 fully saturated rings. The number of nitrogens with zero attached hydrogens (tertiary/aromatic N) is 1. The summed E-state index contributed by atoms with van der Waals surface area (Å²) in [6.07, 6.45) is 0. The van der Waals surface area contributed by atoms with Gasteiger partial charge in [-0.2, -0.15) is 0 Å². The highest BCUT2D eigenvalue weighted by molar-refractivity contribution is 5.88. The number of rotatable bonds is 0. The Bertz CT molecular complexity index is 147. The van der Waals surface area contributed by atoms with Gasteiger partial charge in [0.1, 0.15) is 13.2 Å². The van der Waals surface area contributed by atoms with Crippen LogP contribution in [0.15, 0.2) is 0 Å². The summed E-state index contributed by atoms with van der Waals surface area (Å²) in [6, 6.07) is -0.505. The number of hydrogen-bond acceptors (Lipinski definition) is 2. The van der Waals surface area contributed by atoms with Gasteiger partial charge in [0.25, 0.3) is 0 Å². The van der Waals surface area contributed by atoms with E-state index in [0.29, 0.717) is 6.61 Å². The van der Waals surface area contributed by atoms with Crippen molar-refractivity contribution in [3.8, 4) is 0 Å². The highest BCUT2D eigenvalue weighted by Crippen LogP contribution is 2.02. The van der Waals surface area contributed by atoms with Gasteiger partial charge in [-0.3, -0.25) is 4.79 Å². The Kier molecular flexibility index (Phi) is 1.27. The van der Waals surface area contributed by atoms with Crippen LogP contribution in [0.5, 0.6) is 0 Å². The van der Waals surface area contributed by atoms with Crippen molar-refractivity contribution in [2.24, 2.45) is 0 Å². The van der Waals surface area contributed by atoms with Gasteiger partial charge in [-0.1, -0.05) is 0 Å². The van der Waals surface area contributed by atoms with Gasteiger partial charge in [-0.15, -0.1) is 0 Å². The van der Waals surface area contributed by atoms with Crippen LogP contribution in [0.25, 0.3) is 4.85 Å². The summed E-state index contributed by atoms with van der Waals surface area (Å²) < 4.78 is 4.70. The molecule has 1 saturated heterocycles. The van der Waals surface area contributed by atoms with Crippen LogP contribution in [-0.4, -0.2) is 25.0 Å². The van der Waals surface area contributed by atoms with E-state index in [9.17, 15) is 4.79 Å². The number of carbonyl (C=O) groups excluding carboxylic acids is 1. The SMILES string of the molecule is [C-]#[N+]C1COCC1=O. The van der Waals surface area contributed by atoms with E-state index < -0.39 is 6.04 Å². The van der Waals surface area contributed by atoms with Gasteiger partial charge < -0.3 is 9.58 Å². The molecule has 8 heavy (non-hydrogen) atoms. The van der Waals surface area contributed by atoms with Gasteiger partial charge >= 0.3 is 6.04 Å². The summed E-state index contributed by atoms with van der Waals surface area (Å²) in [4.78, 5) is 13.5. The first-order valence-corrected chi connectivity index (χ1v) is 2.31. The Morgan fingerprint density at radius 3 is 2.88 bits per heavy atom. The van der Waals surface area contributed by atoms with Crippen molar-refractivity contribution in [1.82, 2.24) is 0 Å².